The molecule has 5 heteroatoms. The number of aliphatic hydroxyl groups is 1. The van der Waals surface area contributed by atoms with Gasteiger partial charge in [0.25, 0.3) is 0 Å². The summed E-state index contributed by atoms with van der Waals surface area (Å²) in [4.78, 5) is 23.6. The molecule has 0 saturated carbocycles. The Morgan fingerprint density at radius 1 is 0.750 bits per heavy atom. The van der Waals surface area contributed by atoms with Gasteiger partial charge in [-0.2, -0.15) is 0 Å². The van der Waals surface area contributed by atoms with Crippen LogP contribution in [0.15, 0.2) is 100 Å². The third kappa shape index (κ3) is 10.5. The van der Waals surface area contributed by atoms with Crippen LogP contribution in [0, 0.1) is 0 Å². The van der Waals surface area contributed by atoms with E-state index < -0.39 is 24.6 Å². The highest BCUT2D eigenvalue weighted by Crippen LogP contribution is 2.06. The van der Waals surface area contributed by atoms with E-state index in [0.29, 0.717) is 11.1 Å². The molecule has 2 rings (SSSR count). The van der Waals surface area contributed by atoms with Crippen molar-refractivity contribution in [1.29, 1.82) is 0 Å². The number of esters is 2. The summed E-state index contributed by atoms with van der Waals surface area (Å²) in [6, 6.07) is 16.9. The fourth-order valence-corrected chi connectivity index (χ4v) is 1.74. The summed E-state index contributed by atoms with van der Waals surface area (Å²) in [6.45, 7) is 17.4. The fraction of sp³-hybridized carbons (Fsp3) is 0.130. The zero-order chi connectivity index (χ0) is 21.8. The van der Waals surface area contributed by atoms with E-state index in [2.05, 4.69) is 39.5 Å². The fourth-order valence-electron chi connectivity index (χ4n) is 1.74. The summed E-state index contributed by atoms with van der Waals surface area (Å²) in [5.74, 6) is -1.11. The average molecular weight is 384 g/mol. The van der Waals surface area contributed by atoms with Crippen LogP contribution >= 0.6 is 0 Å². The molecule has 0 spiro atoms. The van der Waals surface area contributed by atoms with Gasteiger partial charge in [-0.25, -0.2) is 9.59 Å². The molecule has 0 aliphatic heterocycles. The van der Waals surface area contributed by atoms with Crippen LogP contribution in [0.5, 0.6) is 0 Å². The number of hydrogen-bond acceptors (Lipinski definition) is 5. The number of carbonyl (C=O) groups excluding carboxylic acids is 2. The highest BCUT2D eigenvalue weighted by atomic mass is 16.6. The SMILES string of the molecule is C=C.C=C.C=C.O=C(OCC(CO)OC(=O)c1ccccc1)c1ccccc1. The quantitative estimate of drug-likeness (QED) is 0.588. The Labute approximate surface area is 167 Å². The summed E-state index contributed by atoms with van der Waals surface area (Å²) in [6.07, 6.45) is -0.902. The number of benzene rings is 2. The summed E-state index contributed by atoms with van der Waals surface area (Å²) in [7, 11) is 0. The van der Waals surface area contributed by atoms with Crippen molar-refractivity contribution in [1.82, 2.24) is 0 Å². The Balaban J connectivity index is 0. The van der Waals surface area contributed by atoms with Crippen LogP contribution in [0.3, 0.4) is 0 Å². The molecule has 28 heavy (non-hydrogen) atoms. The van der Waals surface area contributed by atoms with Gasteiger partial charge < -0.3 is 14.6 Å². The van der Waals surface area contributed by atoms with Crippen molar-refractivity contribution < 1.29 is 24.2 Å². The van der Waals surface area contributed by atoms with E-state index in [1.54, 1.807) is 60.7 Å². The zero-order valence-electron chi connectivity index (χ0n) is 16.1. The first-order chi connectivity index (χ1) is 13.7. The first-order valence-electron chi connectivity index (χ1n) is 8.29. The maximum atomic E-state index is 11.9. The maximum absolute atomic E-state index is 11.9. The molecule has 2 aromatic rings. The molecule has 0 aliphatic carbocycles. The topological polar surface area (TPSA) is 72.8 Å². The van der Waals surface area contributed by atoms with Gasteiger partial charge in [0.15, 0.2) is 6.10 Å². The van der Waals surface area contributed by atoms with E-state index in [0.717, 1.165) is 0 Å². The van der Waals surface area contributed by atoms with Gasteiger partial charge in [0.1, 0.15) is 6.61 Å². The second-order valence-electron chi connectivity index (χ2n) is 4.54. The van der Waals surface area contributed by atoms with Crippen molar-refractivity contribution in [2.45, 2.75) is 6.10 Å². The first-order valence-corrected chi connectivity index (χ1v) is 8.29. The molecule has 0 aromatic heterocycles. The molecular formula is C23H28O5. The molecule has 1 atom stereocenters. The summed E-state index contributed by atoms with van der Waals surface area (Å²) >= 11 is 0. The summed E-state index contributed by atoms with van der Waals surface area (Å²) in [5.41, 5.74) is 0.768. The highest BCUT2D eigenvalue weighted by molar-refractivity contribution is 5.90. The molecule has 0 radical (unpaired) electrons. The molecule has 0 saturated heterocycles. The number of aliphatic hydroxyl groups excluding tert-OH is 1. The van der Waals surface area contributed by atoms with Crippen LogP contribution < -0.4 is 0 Å². The Kier molecular flexibility index (Phi) is 17.6. The van der Waals surface area contributed by atoms with Gasteiger partial charge in [-0.1, -0.05) is 36.4 Å². The minimum Gasteiger partial charge on any atom is -0.458 e. The number of carbonyl (C=O) groups is 2. The maximum Gasteiger partial charge on any atom is 0.338 e. The van der Waals surface area contributed by atoms with Crippen molar-refractivity contribution in [3.8, 4) is 0 Å². The monoisotopic (exact) mass is 384 g/mol. The lowest BCUT2D eigenvalue weighted by molar-refractivity contribution is -0.0170. The summed E-state index contributed by atoms with van der Waals surface area (Å²) in [5, 5.41) is 9.24. The van der Waals surface area contributed by atoms with Crippen molar-refractivity contribution in [3.05, 3.63) is 111 Å². The van der Waals surface area contributed by atoms with Gasteiger partial charge in [-0.15, -0.1) is 39.5 Å². The minimum atomic E-state index is -0.902. The van der Waals surface area contributed by atoms with Gasteiger partial charge in [-0.3, -0.25) is 0 Å². The second kappa shape index (κ2) is 18.4. The molecule has 150 valence electrons. The second-order valence-corrected chi connectivity index (χ2v) is 4.54. The third-order valence-corrected chi connectivity index (χ3v) is 2.90. The van der Waals surface area contributed by atoms with Gasteiger partial charge in [-0.05, 0) is 24.3 Å². The third-order valence-electron chi connectivity index (χ3n) is 2.90. The molecule has 5 nitrogen and oxygen atoms in total. The smallest absolute Gasteiger partial charge is 0.338 e. The van der Waals surface area contributed by atoms with Crippen LogP contribution in [0.2, 0.25) is 0 Å². The van der Waals surface area contributed by atoms with E-state index in [1.807, 2.05) is 0 Å². The standard InChI is InChI=1S/C17H16O5.3C2H4/c18-11-15(22-17(20)14-9-5-2-6-10-14)12-21-16(19)13-7-3-1-4-8-13;3*1-2/h1-10,15,18H,11-12H2;3*1-2H2. The number of ether oxygens (including phenoxy) is 2. The molecule has 0 aliphatic rings. The van der Waals surface area contributed by atoms with Crippen molar-refractivity contribution >= 4 is 11.9 Å². The number of rotatable bonds is 6. The van der Waals surface area contributed by atoms with E-state index >= 15 is 0 Å². The predicted octanol–water partition coefficient (Wildman–Crippen LogP) is 4.47. The molecular weight excluding hydrogens is 356 g/mol. The van der Waals surface area contributed by atoms with Crippen LogP contribution in [0.4, 0.5) is 0 Å². The molecule has 0 bridgehead atoms. The Hall–Kier alpha value is -3.44. The molecule has 0 fully saturated rings. The van der Waals surface area contributed by atoms with Crippen molar-refractivity contribution in [3.63, 3.8) is 0 Å². The van der Waals surface area contributed by atoms with E-state index in [4.69, 9.17) is 9.47 Å². The molecule has 0 heterocycles. The summed E-state index contributed by atoms with van der Waals surface area (Å²) < 4.78 is 10.1. The lowest BCUT2D eigenvalue weighted by atomic mass is 10.2. The van der Waals surface area contributed by atoms with E-state index in [1.165, 1.54) is 0 Å². The Morgan fingerprint density at radius 2 is 1.14 bits per heavy atom. The normalized spacial score (nSPS) is 9.46. The lowest BCUT2D eigenvalue weighted by Gasteiger charge is -2.15. The van der Waals surface area contributed by atoms with Gasteiger partial charge in [0.2, 0.25) is 0 Å². The van der Waals surface area contributed by atoms with Gasteiger partial charge in [0, 0.05) is 0 Å². The van der Waals surface area contributed by atoms with E-state index in [9.17, 15) is 14.7 Å². The molecule has 1 N–H and O–H groups in total. The van der Waals surface area contributed by atoms with Crippen LogP contribution in [0.25, 0.3) is 0 Å². The van der Waals surface area contributed by atoms with Gasteiger partial charge in [0.05, 0.1) is 17.7 Å². The predicted molar refractivity (Wildman–Crippen MR) is 113 cm³/mol. The average Bonchev–Trinajstić information content (AvgIpc) is 2.81. The van der Waals surface area contributed by atoms with Crippen molar-refractivity contribution in [2.24, 2.45) is 0 Å². The molecule has 2 aromatic carbocycles. The largest absolute Gasteiger partial charge is 0.458 e. The lowest BCUT2D eigenvalue weighted by Crippen LogP contribution is -2.28. The van der Waals surface area contributed by atoms with Crippen molar-refractivity contribution in [2.75, 3.05) is 13.2 Å². The van der Waals surface area contributed by atoms with Gasteiger partial charge >= 0.3 is 11.9 Å². The Morgan fingerprint density at radius 3 is 1.54 bits per heavy atom. The highest BCUT2D eigenvalue weighted by Gasteiger charge is 2.17. The van der Waals surface area contributed by atoms with Crippen LogP contribution in [0.1, 0.15) is 20.7 Å². The zero-order valence-corrected chi connectivity index (χ0v) is 16.1. The molecule has 1 unspecified atom stereocenters. The van der Waals surface area contributed by atoms with Crippen LogP contribution in [-0.4, -0.2) is 36.4 Å². The Bertz CT molecular complexity index is 650. The first kappa shape index (κ1) is 26.8. The number of hydrogen-bond donors (Lipinski definition) is 1. The van der Waals surface area contributed by atoms with Crippen LogP contribution in [-0.2, 0) is 9.47 Å². The molecule has 0 amide bonds. The minimum absolute atomic E-state index is 0.206. The van der Waals surface area contributed by atoms with E-state index in [-0.39, 0.29) is 6.61 Å².